The Labute approximate surface area is 76.9 Å². The van der Waals surface area contributed by atoms with Crippen molar-refractivity contribution in [1.82, 2.24) is 0 Å². The Morgan fingerprint density at radius 2 is 1.36 bits per heavy atom. The minimum Gasteiger partial charge on any atom is -0.157 e. The molecule has 0 amide bonds. The summed E-state index contributed by atoms with van der Waals surface area (Å²) in [6.45, 7) is 0. The summed E-state index contributed by atoms with van der Waals surface area (Å²) in [5, 5.41) is 2.15. The normalized spacial score (nSPS) is 54.5. The highest BCUT2D eigenvalue weighted by Gasteiger charge is 2.48. The zero-order valence-electron chi connectivity index (χ0n) is 6.66. The van der Waals surface area contributed by atoms with Crippen LogP contribution in [0.3, 0.4) is 0 Å². The maximum atomic E-state index is 2.27. The van der Waals surface area contributed by atoms with Crippen molar-refractivity contribution in [3.05, 3.63) is 0 Å². The van der Waals surface area contributed by atoms with Gasteiger partial charge in [0.25, 0.3) is 0 Å². The van der Waals surface area contributed by atoms with Crippen molar-refractivity contribution in [2.75, 3.05) is 11.5 Å². The van der Waals surface area contributed by atoms with E-state index in [0.717, 1.165) is 22.3 Å². The lowest BCUT2D eigenvalue weighted by Gasteiger charge is -2.14. The van der Waals surface area contributed by atoms with Gasteiger partial charge in [-0.05, 0) is 42.6 Å². The molecule has 2 heterocycles. The lowest BCUT2D eigenvalue weighted by molar-refractivity contribution is 0.493. The summed E-state index contributed by atoms with van der Waals surface area (Å²) in [7, 11) is 0. The zero-order valence-corrected chi connectivity index (χ0v) is 8.29. The Morgan fingerprint density at radius 1 is 0.818 bits per heavy atom. The molecule has 3 rings (SSSR count). The molecule has 0 nitrogen and oxygen atoms in total. The minimum atomic E-state index is 1.08. The van der Waals surface area contributed by atoms with E-state index in [2.05, 4.69) is 23.5 Å². The molecular formula is C9H14S2. The average molecular weight is 186 g/mol. The minimum absolute atomic E-state index is 1.08. The second-order valence-electron chi connectivity index (χ2n) is 4.00. The van der Waals surface area contributed by atoms with Gasteiger partial charge in [-0.1, -0.05) is 0 Å². The van der Waals surface area contributed by atoms with E-state index in [1.165, 1.54) is 24.3 Å². The first-order valence-electron chi connectivity index (χ1n) is 4.68. The van der Waals surface area contributed by atoms with E-state index in [1.54, 1.807) is 6.42 Å². The monoisotopic (exact) mass is 186 g/mol. The summed E-state index contributed by atoms with van der Waals surface area (Å²) < 4.78 is 0. The molecule has 3 fully saturated rings. The van der Waals surface area contributed by atoms with E-state index in [-0.39, 0.29) is 0 Å². The van der Waals surface area contributed by atoms with Crippen molar-refractivity contribution in [3.63, 3.8) is 0 Å². The van der Waals surface area contributed by atoms with Crippen molar-refractivity contribution < 1.29 is 0 Å². The fourth-order valence-electron chi connectivity index (χ4n) is 2.93. The van der Waals surface area contributed by atoms with Crippen LogP contribution in [0.4, 0.5) is 0 Å². The topological polar surface area (TPSA) is 0 Å². The first kappa shape index (κ1) is 7.14. The van der Waals surface area contributed by atoms with Gasteiger partial charge in [-0.3, -0.25) is 0 Å². The third-order valence-electron chi connectivity index (χ3n) is 3.46. The van der Waals surface area contributed by atoms with E-state index in [0.29, 0.717) is 0 Å². The SMILES string of the molecule is C1CC2CC3CCSC3C2S1. The third-order valence-corrected chi connectivity index (χ3v) is 6.70. The molecule has 0 aromatic carbocycles. The Balaban J connectivity index is 1.84. The Bertz CT molecular complexity index is 151. The van der Waals surface area contributed by atoms with E-state index in [1.807, 2.05) is 0 Å². The van der Waals surface area contributed by atoms with Crippen molar-refractivity contribution >= 4 is 23.5 Å². The highest BCUT2D eigenvalue weighted by molar-refractivity contribution is 8.04. The van der Waals surface area contributed by atoms with E-state index < -0.39 is 0 Å². The lowest BCUT2D eigenvalue weighted by Crippen LogP contribution is -2.15. The molecular weight excluding hydrogens is 172 g/mol. The molecule has 2 heteroatoms. The van der Waals surface area contributed by atoms with Gasteiger partial charge in [0.1, 0.15) is 0 Å². The summed E-state index contributed by atoms with van der Waals surface area (Å²) in [5.41, 5.74) is 0. The number of hydrogen-bond donors (Lipinski definition) is 0. The molecule has 3 aliphatic rings. The molecule has 0 radical (unpaired) electrons. The molecule has 1 aliphatic carbocycles. The van der Waals surface area contributed by atoms with Gasteiger partial charge in [0.05, 0.1) is 0 Å². The second-order valence-corrected chi connectivity index (χ2v) is 6.58. The van der Waals surface area contributed by atoms with Gasteiger partial charge < -0.3 is 0 Å². The predicted molar refractivity (Wildman–Crippen MR) is 53.3 cm³/mol. The summed E-state index contributed by atoms with van der Waals surface area (Å²) >= 11 is 4.54. The van der Waals surface area contributed by atoms with Crippen LogP contribution in [0.1, 0.15) is 19.3 Å². The zero-order chi connectivity index (χ0) is 7.26. The van der Waals surface area contributed by atoms with Gasteiger partial charge in [-0.15, -0.1) is 0 Å². The first-order chi connectivity index (χ1) is 5.45. The second kappa shape index (κ2) is 2.59. The fraction of sp³-hybridized carbons (Fsp3) is 1.00. The molecule has 1 saturated carbocycles. The molecule has 2 aliphatic heterocycles. The smallest absolute Gasteiger partial charge is 0.0197 e. The summed E-state index contributed by atoms with van der Waals surface area (Å²) in [6, 6.07) is 0. The average Bonchev–Trinajstić information content (AvgIpc) is 2.52. The first-order valence-corrected chi connectivity index (χ1v) is 6.78. The molecule has 0 spiro atoms. The summed E-state index contributed by atoms with van der Waals surface area (Å²) in [6.07, 6.45) is 4.64. The molecule has 0 aromatic rings. The van der Waals surface area contributed by atoms with E-state index >= 15 is 0 Å². The van der Waals surface area contributed by atoms with Crippen LogP contribution < -0.4 is 0 Å². The molecule has 62 valence electrons. The molecule has 2 saturated heterocycles. The fourth-order valence-corrected chi connectivity index (χ4v) is 6.69. The van der Waals surface area contributed by atoms with Crippen LogP contribution in [0.25, 0.3) is 0 Å². The van der Waals surface area contributed by atoms with Crippen LogP contribution in [0.15, 0.2) is 0 Å². The molecule has 4 unspecified atom stereocenters. The Morgan fingerprint density at radius 3 is 1.91 bits per heavy atom. The van der Waals surface area contributed by atoms with Crippen molar-refractivity contribution in [3.8, 4) is 0 Å². The van der Waals surface area contributed by atoms with Crippen molar-refractivity contribution in [2.24, 2.45) is 11.8 Å². The van der Waals surface area contributed by atoms with Crippen LogP contribution in [0.5, 0.6) is 0 Å². The maximum Gasteiger partial charge on any atom is 0.0197 e. The molecule has 11 heavy (non-hydrogen) atoms. The highest BCUT2D eigenvalue weighted by atomic mass is 32.2. The molecule has 0 bridgehead atoms. The van der Waals surface area contributed by atoms with Gasteiger partial charge >= 0.3 is 0 Å². The van der Waals surface area contributed by atoms with Crippen LogP contribution in [0, 0.1) is 11.8 Å². The number of thioether (sulfide) groups is 2. The highest BCUT2D eigenvalue weighted by Crippen LogP contribution is 2.55. The van der Waals surface area contributed by atoms with E-state index in [4.69, 9.17) is 0 Å². The van der Waals surface area contributed by atoms with Crippen LogP contribution in [-0.2, 0) is 0 Å². The van der Waals surface area contributed by atoms with Gasteiger partial charge in [-0.25, -0.2) is 0 Å². The standard InChI is InChI=1S/C9H14S2/c1-3-10-8-6(1)5-7-2-4-11-9(7)8/h6-9H,1-5H2. The number of fused-ring (bicyclic) bond motifs is 3. The summed E-state index contributed by atoms with van der Waals surface area (Å²) in [5.74, 6) is 5.17. The van der Waals surface area contributed by atoms with Gasteiger partial charge in [0.15, 0.2) is 0 Å². The molecule has 0 N–H and O–H groups in total. The number of rotatable bonds is 0. The van der Waals surface area contributed by atoms with Gasteiger partial charge in [-0.2, -0.15) is 23.5 Å². The largest absolute Gasteiger partial charge is 0.157 e. The predicted octanol–water partition coefficient (Wildman–Crippen LogP) is 2.63. The van der Waals surface area contributed by atoms with Crippen LogP contribution >= 0.6 is 23.5 Å². The quantitative estimate of drug-likeness (QED) is 0.570. The lowest BCUT2D eigenvalue weighted by atomic mass is 10.0. The Hall–Kier alpha value is 0.700. The van der Waals surface area contributed by atoms with Gasteiger partial charge in [0.2, 0.25) is 0 Å². The third kappa shape index (κ3) is 0.983. The number of hydrogen-bond acceptors (Lipinski definition) is 2. The molecule has 4 atom stereocenters. The molecule has 0 aromatic heterocycles. The summed E-state index contributed by atoms with van der Waals surface area (Å²) in [4.78, 5) is 0. The van der Waals surface area contributed by atoms with Gasteiger partial charge in [0, 0.05) is 10.5 Å². The van der Waals surface area contributed by atoms with Crippen molar-refractivity contribution in [2.45, 2.75) is 29.8 Å². The van der Waals surface area contributed by atoms with Crippen molar-refractivity contribution in [1.29, 1.82) is 0 Å². The maximum absolute atomic E-state index is 2.27. The van der Waals surface area contributed by atoms with Crippen LogP contribution in [0.2, 0.25) is 0 Å². The van der Waals surface area contributed by atoms with Crippen LogP contribution in [-0.4, -0.2) is 22.0 Å². The van der Waals surface area contributed by atoms with E-state index in [9.17, 15) is 0 Å². The Kier molecular flexibility index (Phi) is 1.68.